The Bertz CT molecular complexity index is 482. The third-order valence-corrected chi connectivity index (χ3v) is 4.15. The van der Waals surface area contributed by atoms with Crippen molar-refractivity contribution in [1.29, 1.82) is 0 Å². The Balaban J connectivity index is 2.05. The van der Waals surface area contributed by atoms with Gasteiger partial charge in [-0.2, -0.15) is 0 Å². The van der Waals surface area contributed by atoms with Crippen molar-refractivity contribution in [1.82, 2.24) is 4.98 Å². The van der Waals surface area contributed by atoms with Gasteiger partial charge in [0.05, 0.1) is 0 Å². The Labute approximate surface area is 113 Å². The molecule has 1 aromatic carbocycles. The molecule has 0 radical (unpaired) electrons. The Hall–Kier alpha value is -1.32. The number of hydrogen-bond donors (Lipinski definition) is 1. The average molecular weight is 258 g/mol. The molecule has 0 saturated heterocycles. The first-order valence-corrected chi connectivity index (χ1v) is 6.93. The van der Waals surface area contributed by atoms with Crippen LogP contribution in [0, 0.1) is 6.92 Å². The van der Waals surface area contributed by atoms with Crippen LogP contribution in [-0.4, -0.2) is 10.2 Å². The molecule has 94 valence electrons. The maximum atomic E-state index is 6.30. The summed E-state index contributed by atoms with van der Waals surface area (Å²) in [5, 5.41) is 0.329. The number of thioether (sulfide) groups is 1. The largest absolute Gasteiger partial charge is 0.323 e. The second kappa shape index (κ2) is 6.03. The molecule has 0 aliphatic rings. The molecule has 18 heavy (non-hydrogen) atoms. The van der Waals surface area contributed by atoms with Crippen LogP contribution < -0.4 is 5.73 Å². The highest BCUT2D eigenvalue weighted by Gasteiger charge is 2.15. The smallest absolute Gasteiger partial charge is 0.0416 e. The molecular formula is C15H18N2S. The number of aromatic nitrogens is 1. The van der Waals surface area contributed by atoms with Crippen LogP contribution in [0.3, 0.4) is 0 Å². The topological polar surface area (TPSA) is 38.9 Å². The summed E-state index contributed by atoms with van der Waals surface area (Å²) in [5.41, 5.74) is 8.75. The van der Waals surface area contributed by atoms with E-state index in [1.165, 1.54) is 16.0 Å². The van der Waals surface area contributed by atoms with E-state index in [9.17, 15) is 0 Å². The molecule has 1 aromatic heterocycles. The highest BCUT2D eigenvalue weighted by atomic mass is 32.2. The number of nitrogens with zero attached hydrogens (tertiary/aromatic N) is 1. The van der Waals surface area contributed by atoms with Gasteiger partial charge in [-0.15, -0.1) is 11.8 Å². The van der Waals surface area contributed by atoms with Gasteiger partial charge in [0, 0.05) is 28.6 Å². The minimum Gasteiger partial charge on any atom is -0.323 e. The fourth-order valence-corrected chi connectivity index (χ4v) is 2.78. The zero-order valence-electron chi connectivity index (χ0n) is 10.7. The summed E-state index contributed by atoms with van der Waals surface area (Å²) in [4.78, 5) is 5.23. The molecule has 0 aliphatic heterocycles. The van der Waals surface area contributed by atoms with Gasteiger partial charge in [0.1, 0.15) is 0 Å². The van der Waals surface area contributed by atoms with E-state index in [4.69, 9.17) is 5.73 Å². The molecule has 2 atom stereocenters. The summed E-state index contributed by atoms with van der Waals surface area (Å²) in [7, 11) is 0. The van der Waals surface area contributed by atoms with Crippen molar-refractivity contribution >= 4 is 11.8 Å². The number of benzene rings is 1. The van der Waals surface area contributed by atoms with E-state index in [-0.39, 0.29) is 6.04 Å². The molecule has 2 unspecified atom stereocenters. The Morgan fingerprint density at radius 3 is 2.28 bits per heavy atom. The molecule has 2 nitrogen and oxygen atoms in total. The second-order valence-corrected chi connectivity index (χ2v) is 5.89. The van der Waals surface area contributed by atoms with E-state index in [2.05, 4.69) is 43.1 Å². The van der Waals surface area contributed by atoms with Gasteiger partial charge in [0.2, 0.25) is 0 Å². The van der Waals surface area contributed by atoms with E-state index < -0.39 is 0 Å². The summed E-state index contributed by atoms with van der Waals surface area (Å²) in [6.45, 7) is 4.25. The van der Waals surface area contributed by atoms with Gasteiger partial charge >= 0.3 is 0 Å². The van der Waals surface area contributed by atoms with Crippen molar-refractivity contribution in [3.05, 3.63) is 59.9 Å². The lowest BCUT2D eigenvalue weighted by Gasteiger charge is -2.20. The van der Waals surface area contributed by atoms with Crippen LogP contribution in [0.15, 0.2) is 53.7 Å². The number of aryl methyl sites for hydroxylation is 1. The molecule has 0 bridgehead atoms. The fraction of sp³-hybridized carbons (Fsp3) is 0.267. The monoisotopic (exact) mass is 258 g/mol. The quantitative estimate of drug-likeness (QED) is 0.852. The third-order valence-electron chi connectivity index (χ3n) is 2.94. The molecule has 2 aromatic rings. The van der Waals surface area contributed by atoms with Crippen LogP contribution >= 0.6 is 11.8 Å². The minimum absolute atomic E-state index is 0.0452. The third kappa shape index (κ3) is 3.34. The number of nitrogens with two attached hydrogens (primary N) is 1. The van der Waals surface area contributed by atoms with Crippen LogP contribution in [0.4, 0.5) is 0 Å². The van der Waals surface area contributed by atoms with Crippen molar-refractivity contribution in [2.45, 2.75) is 30.0 Å². The summed E-state index contributed by atoms with van der Waals surface area (Å²) < 4.78 is 0. The van der Waals surface area contributed by atoms with Gasteiger partial charge in [0.25, 0.3) is 0 Å². The van der Waals surface area contributed by atoms with Crippen LogP contribution in [0.2, 0.25) is 0 Å². The molecular weight excluding hydrogens is 240 g/mol. The predicted octanol–water partition coefficient (Wildman–Crippen LogP) is 3.57. The van der Waals surface area contributed by atoms with Crippen molar-refractivity contribution in [3.63, 3.8) is 0 Å². The zero-order chi connectivity index (χ0) is 13.0. The Morgan fingerprint density at radius 2 is 1.67 bits per heavy atom. The van der Waals surface area contributed by atoms with Gasteiger partial charge in [0.15, 0.2) is 0 Å². The second-order valence-electron chi connectivity index (χ2n) is 4.44. The average Bonchev–Trinajstić information content (AvgIpc) is 2.40. The number of hydrogen-bond acceptors (Lipinski definition) is 3. The highest BCUT2D eigenvalue weighted by molar-refractivity contribution is 8.00. The first-order chi connectivity index (χ1) is 8.66. The summed E-state index contributed by atoms with van der Waals surface area (Å²) in [6, 6.07) is 12.5. The van der Waals surface area contributed by atoms with Crippen molar-refractivity contribution in [2.75, 3.05) is 0 Å². The lowest BCUT2D eigenvalue weighted by atomic mass is 10.0. The maximum absolute atomic E-state index is 6.30. The van der Waals surface area contributed by atoms with E-state index in [0.717, 1.165) is 0 Å². The molecule has 2 N–H and O–H groups in total. The standard InChI is InChI=1S/C15H18N2S/c1-11-3-5-13(6-4-11)15(16)12(2)18-14-7-9-17-10-8-14/h3-10,12,15H,16H2,1-2H3. The maximum Gasteiger partial charge on any atom is 0.0416 e. The van der Waals surface area contributed by atoms with Gasteiger partial charge in [-0.25, -0.2) is 0 Å². The summed E-state index contributed by atoms with van der Waals surface area (Å²) in [5.74, 6) is 0. The van der Waals surface area contributed by atoms with Gasteiger partial charge < -0.3 is 5.73 Å². The Morgan fingerprint density at radius 1 is 1.06 bits per heavy atom. The van der Waals surface area contributed by atoms with E-state index in [0.29, 0.717) is 5.25 Å². The highest BCUT2D eigenvalue weighted by Crippen LogP contribution is 2.30. The van der Waals surface area contributed by atoms with E-state index in [1.54, 1.807) is 11.8 Å². The van der Waals surface area contributed by atoms with Crippen LogP contribution in [0.25, 0.3) is 0 Å². The minimum atomic E-state index is 0.0452. The van der Waals surface area contributed by atoms with Gasteiger partial charge in [-0.3, -0.25) is 4.98 Å². The fourth-order valence-electron chi connectivity index (χ4n) is 1.76. The van der Waals surface area contributed by atoms with Crippen LogP contribution in [0.5, 0.6) is 0 Å². The summed E-state index contributed by atoms with van der Waals surface area (Å²) in [6.07, 6.45) is 3.62. The van der Waals surface area contributed by atoms with Crippen molar-refractivity contribution < 1.29 is 0 Å². The van der Waals surface area contributed by atoms with E-state index in [1.807, 2.05) is 24.5 Å². The first-order valence-electron chi connectivity index (χ1n) is 6.05. The normalized spacial score (nSPS) is 14.2. The lowest BCUT2D eigenvalue weighted by molar-refractivity contribution is 0.715. The summed E-state index contributed by atoms with van der Waals surface area (Å²) >= 11 is 1.79. The SMILES string of the molecule is Cc1ccc(C(N)C(C)Sc2ccncc2)cc1. The molecule has 0 saturated carbocycles. The molecule has 2 rings (SSSR count). The molecule has 0 spiro atoms. The van der Waals surface area contributed by atoms with Gasteiger partial charge in [-0.05, 0) is 24.6 Å². The molecule has 3 heteroatoms. The van der Waals surface area contributed by atoms with E-state index >= 15 is 0 Å². The van der Waals surface area contributed by atoms with Crippen LogP contribution in [-0.2, 0) is 0 Å². The first kappa shape index (κ1) is 13.1. The number of pyridine rings is 1. The Kier molecular flexibility index (Phi) is 4.39. The van der Waals surface area contributed by atoms with Crippen molar-refractivity contribution in [2.24, 2.45) is 5.73 Å². The molecule has 0 amide bonds. The molecule has 0 aliphatic carbocycles. The lowest BCUT2D eigenvalue weighted by Crippen LogP contribution is -2.20. The zero-order valence-corrected chi connectivity index (χ0v) is 11.5. The molecule has 0 fully saturated rings. The van der Waals surface area contributed by atoms with Crippen molar-refractivity contribution in [3.8, 4) is 0 Å². The van der Waals surface area contributed by atoms with Gasteiger partial charge in [-0.1, -0.05) is 36.8 Å². The number of rotatable bonds is 4. The molecule has 1 heterocycles. The predicted molar refractivity (Wildman–Crippen MR) is 77.7 cm³/mol. The van der Waals surface area contributed by atoms with Crippen LogP contribution in [0.1, 0.15) is 24.1 Å².